The van der Waals surface area contributed by atoms with Crippen molar-refractivity contribution in [1.29, 1.82) is 0 Å². The molecule has 104 valence electrons. The number of hydrogen-bond donors (Lipinski definition) is 1. The smallest absolute Gasteiger partial charge is 0.166 e. The summed E-state index contributed by atoms with van der Waals surface area (Å²) in [6.45, 7) is 0.935. The van der Waals surface area contributed by atoms with E-state index in [0.29, 0.717) is 11.1 Å². The molecule has 2 aromatic carbocycles. The highest BCUT2D eigenvalue weighted by Gasteiger charge is 2.19. The monoisotopic (exact) mass is 273 g/mol. The topological polar surface area (TPSA) is 12.0 Å². The number of rotatable bonds is 2. The lowest BCUT2D eigenvalue weighted by atomic mass is 9.94. The number of benzene rings is 2. The van der Waals surface area contributed by atoms with Crippen LogP contribution in [0.2, 0.25) is 0 Å². The van der Waals surface area contributed by atoms with Crippen LogP contribution in [0, 0.1) is 11.6 Å². The zero-order valence-corrected chi connectivity index (χ0v) is 11.2. The second-order valence-electron chi connectivity index (χ2n) is 5.23. The molecule has 1 unspecified atom stereocenters. The Morgan fingerprint density at radius 3 is 2.50 bits per heavy atom. The molecule has 1 aliphatic heterocycles. The zero-order chi connectivity index (χ0) is 13.9. The number of piperidine rings is 1. The van der Waals surface area contributed by atoms with Crippen molar-refractivity contribution in [1.82, 2.24) is 5.32 Å². The average molecular weight is 273 g/mol. The minimum absolute atomic E-state index is 0.126. The van der Waals surface area contributed by atoms with Crippen LogP contribution >= 0.6 is 0 Å². The Bertz CT molecular complexity index is 589. The Balaban J connectivity index is 2.03. The third-order valence-corrected chi connectivity index (χ3v) is 3.85. The fourth-order valence-electron chi connectivity index (χ4n) is 2.78. The molecule has 0 saturated carbocycles. The highest BCUT2D eigenvalue weighted by atomic mass is 19.2. The summed E-state index contributed by atoms with van der Waals surface area (Å²) in [6, 6.07) is 12.4. The van der Waals surface area contributed by atoms with Crippen LogP contribution in [-0.4, -0.2) is 6.54 Å². The van der Waals surface area contributed by atoms with Crippen LogP contribution in [0.1, 0.15) is 30.9 Å². The SMILES string of the molecule is Fc1cc(C2CCCCN2)cc(-c2ccccc2)c1F. The van der Waals surface area contributed by atoms with Crippen LogP contribution in [0.5, 0.6) is 0 Å². The van der Waals surface area contributed by atoms with Crippen molar-refractivity contribution in [3.8, 4) is 11.1 Å². The van der Waals surface area contributed by atoms with Gasteiger partial charge in [-0.1, -0.05) is 36.8 Å². The van der Waals surface area contributed by atoms with Crippen LogP contribution in [0.15, 0.2) is 42.5 Å². The van der Waals surface area contributed by atoms with Gasteiger partial charge in [0.15, 0.2) is 11.6 Å². The first kappa shape index (κ1) is 13.3. The van der Waals surface area contributed by atoms with Crippen LogP contribution in [-0.2, 0) is 0 Å². The van der Waals surface area contributed by atoms with Gasteiger partial charge in [-0.2, -0.15) is 0 Å². The molecule has 1 aliphatic rings. The van der Waals surface area contributed by atoms with Crippen molar-refractivity contribution in [2.24, 2.45) is 0 Å². The Kier molecular flexibility index (Phi) is 3.79. The zero-order valence-electron chi connectivity index (χ0n) is 11.2. The second kappa shape index (κ2) is 5.71. The summed E-state index contributed by atoms with van der Waals surface area (Å²) in [4.78, 5) is 0. The molecular weight excluding hydrogens is 256 g/mol. The minimum Gasteiger partial charge on any atom is -0.310 e. The highest BCUT2D eigenvalue weighted by Crippen LogP contribution is 2.31. The maximum absolute atomic E-state index is 14.0. The molecular formula is C17H17F2N. The van der Waals surface area contributed by atoms with E-state index in [1.807, 2.05) is 18.2 Å². The second-order valence-corrected chi connectivity index (χ2v) is 5.23. The first-order valence-corrected chi connectivity index (χ1v) is 7.03. The summed E-state index contributed by atoms with van der Waals surface area (Å²) in [7, 11) is 0. The van der Waals surface area contributed by atoms with Crippen LogP contribution < -0.4 is 5.32 Å². The summed E-state index contributed by atoms with van der Waals surface area (Å²) >= 11 is 0. The van der Waals surface area contributed by atoms with Gasteiger partial charge in [-0.05, 0) is 42.6 Å². The first-order valence-electron chi connectivity index (χ1n) is 7.03. The van der Waals surface area contributed by atoms with E-state index >= 15 is 0 Å². The Morgan fingerprint density at radius 2 is 1.80 bits per heavy atom. The van der Waals surface area contributed by atoms with Gasteiger partial charge in [0.05, 0.1) is 0 Å². The molecule has 1 heterocycles. The molecule has 0 spiro atoms. The quantitative estimate of drug-likeness (QED) is 0.852. The van der Waals surface area contributed by atoms with Gasteiger partial charge in [0.2, 0.25) is 0 Å². The van der Waals surface area contributed by atoms with Crippen LogP contribution in [0.25, 0.3) is 11.1 Å². The van der Waals surface area contributed by atoms with Gasteiger partial charge in [-0.3, -0.25) is 0 Å². The predicted molar refractivity (Wildman–Crippen MR) is 76.4 cm³/mol. The molecule has 0 amide bonds. The lowest BCUT2D eigenvalue weighted by Crippen LogP contribution is -2.27. The van der Waals surface area contributed by atoms with E-state index in [1.165, 1.54) is 6.07 Å². The summed E-state index contributed by atoms with van der Waals surface area (Å²) in [5, 5.41) is 3.37. The third-order valence-electron chi connectivity index (χ3n) is 3.85. The molecule has 3 rings (SSSR count). The normalized spacial score (nSPS) is 19.0. The fraction of sp³-hybridized carbons (Fsp3) is 0.294. The molecule has 1 N–H and O–H groups in total. The molecule has 1 saturated heterocycles. The van der Waals surface area contributed by atoms with Crippen molar-refractivity contribution >= 4 is 0 Å². The van der Waals surface area contributed by atoms with E-state index in [4.69, 9.17) is 0 Å². The van der Waals surface area contributed by atoms with Gasteiger partial charge < -0.3 is 5.32 Å². The summed E-state index contributed by atoms with van der Waals surface area (Å²) < 4.78 is 27.9. The van der Waals surface area contributed by atoms with E-state index in [9.17, 15) is 8.78 Å². The van der Waals surface area contributed by atoms with Gasteiger partial charge in [0.25, 0.3) is 0 Å². The standard InChI is InChI=1S/C17H17F2N/c18-15-11-13(16-8-4-5-9-20-16)10-14(17(15)19)12-6-2-1-3-7-12/h1-3,6-7,10-11,16,20H,4-5,8-9H2. The summed E-state index contributed by atoms with van der Waals surface area (Å²) in [5.74, 6) is -1.54. The maximum Gasteiger partial charge on any atom is 0.166 e. The van der Waals surface area contributed by atoms with E-state index in [0.717, 1.165) is 31.4 Å². The van der Waals surface area contributed by atoms with E-state index in [-0.39, 0.29) is 6.04 Å². The molecule has 1 nitrogen and oxygen atoms in total. The van der Waals surface area contributed by atoms with E-state index in [1.54, 1.807) is 18.2 Å². The largest absolute Gasteiger partial charge is 0.310 e. The van der Waals surface area contributed by atoms with Crippen molar-refractivity contribution in [3.05, 3.63) is 59.7 Å². The molecule has 1 fully saturated rings. The lowest BCUT2D eigenvalue weighted by molar-refractivity contribution is 0.409. The van der Waals surface area contributed by atoms with Crippen LogP contribution in [0.4, 0.5) is 8.78 Å². The van der Waals surface area contributed by atoms with Crippen molar-refractivity contribution in [2.75, 3.05) is 6.54 Å². The van der Waals surface area contributed by atoms with E-state index in [2.05, 4.69) is 5.32 Å². The van der Waals surface area contributed by atoms with Crippen molar-refractivity contribution in [2.45, 2.75) is 25.3 Å². The number of halogens is 2. The molecule has 3 heteroatoms. The molecule has 0 bridgehead atoms. The van der Waals surface area contributed by atoms with Crippen molar-refractivity contribution in [3.63, 3.8) is 0 Å². The highest BCUT2D eigenvalue weighted by molar-refractivity contribution is 5.65. The predicted octanol–water partition coefficient (Wildman–Crippen LogP) is 4.45. The van der Waals surface area contributed by atoms with Crippen molar-refractivity contribution < 1.29 is 8.78 Å². The summed E-state index contributed by atoms with van der Waals surface area (Å²) in [5.41, 5.74) is 1.89. The molecule has 0 aliphatic carbocycles. The first-order chi connectivity index (χ1) is 9.75. The number of hydrogen-bond acceptors (Lipinski definition) is 1. The van der Waals surface area contributed by atoms with E-state index < -0.39 is 11.6 Å². The van der Waals surface area contributed by atoms with Gasteiger partial charge in [-0.25, -0.2) is 8.78 Å². The molecule has 20 heavy (non-hydrogen) atoms. The Morgan fingerprint density at radius 1 is 1.00 bits per heavy atom. The lowest BCUT2D eigenvalue weighted by Gasteiger charge is -2.24. The number of nitrogens with one attached hydrogen (secondary N) is 1. The molecule has 0 aromatic heterocycles. The Labute approximate surface area is 117 Å². The molecule has 0 radical (unpaired) electrons. The fourth-order valence-corrected chi connectivity index (χ4v) is 2.78. The molecule has 2 aromatic rings. The van der Waals surface area contributed by atoms with Gasteiger partial charge in [0, 0.05) is 11.6 Å². The third kappa shape index (κ3) is 2.59. The van der Waals surface area contributed by atoms with Gasteiger partial charge in [0.1, 0.15) is 0 Å². The van der Waals surface area contributed by atoms with Gasteiger partial charge >= 0.3 is 0 Å². The van der Waals surface area contributed by atoms with Crippen LogP contribution in [0.3, 0.4) is 0 Å². The molecule has 1 atom stereocenters. The minimum atomic E-state index is -0.770. The maximum atomic E-state index is 14.0. The average Bonchev–Trinajstić information content (AvgIpc) is 2.51. The summed E-state index contributed by atoms with van der Waals surface area (Å²) in [6.07, 6.45) is 3.24. The Hall–Kier alpha value is -1.74. The van der Waals surface area contributed by atoms with Gasteiger partial charge in [-0.15, -0.1) is 0 Å².